The molecule has 3 aromatic carbocycles. The Morgan fingerprint density at radius 1 is 1.04 bits per heavy atom. The fraction of sp³-hybridized carbons (Fsp3) is 0.351. The van der Waals surface area contributed by atoms with Gasteiger partial charge in [0.25, 0.3) is 5.91 Å². The number of carbonyl (C=O) groups excluding carboxylic acids is 4. The molecule has 1 unspecified atom stereocenters. The average molecular weight is 654 g/mol. The molecule has 0 saturated carbocycles. The van der Waals surface area contributed by atoms with Crippen molar-refractivity contribution < 1.29 is 38.9 Å². The Labute approximate surface area is 279 Å². The van der Waals surface area contributed by atoms with E-state index in [4.69, 9.17) is 9.47 Å². The van der Waals surface area contributed by atoms with Crippen LogP contribution >= 0.6 is 0 Å². The summed E-state index contributed by atoms with van der Waals surface area (Å²) in [5.41, 5.74) is 2.51. The normalized spacial score (nSPS) is 22.3. The molecular weight excluding hydrogens is 614 g/mol. The van der Waals surface area contributed by atoms with E-state index in [1.54, 1.807) is 66.4 Å². The van der Waals surface area contributed by atoms with Crippen molar-refractivity contribution in [3.05, 3.63) is 101 Å². The van der Waals surface area contributed by atoms with Crippen LogP contribution in [0, 0.1) is 5.92 Å². The number of aliphatic hydroxyl groups excluding tert-OH is 1. The molecule has 3 amide bonds. The maximum atomic E-state index is 14.1. The van der Waals surface area contributed by atoms with Crippen LogP contribution in [0.15, 0.2) is 78.9 Å². The van der Waals surface area contributed by atoms with Crippen LogP contribution in [0.25, 0.3) is 0 Å². The van der Waals surface area contributed by atoms with Gasteiger partial charge in [-0.2, -0.15) is 0 Å². The first-order chi connectivity index (χ1) is 23.0. The van der Waals surface area contributed by atoms with E-state index in [0.29, 0.717) is 35.7 Å². The SMILES string of the molecule is COc1ccc2c(c1)[C@](O)([C@@H](C)/C=C/CC(=O)N1Cc3ccccc3C[C@H]1CO)C(=O)N2Cc1ccc(N2C(=O)CC2OC(C)=O)cc1. The predicted molar refractivity (Wildman–Crippen MR) is 177 cm³/mol. The van der Waals surface area contributed by atoms with E-state index in [1.165, 1.54) is 23.8 Å². The molecule has 0 spiro atoms. The van der Waals surface area contributed by atoms with Crippen molar-refractivity contribution in [2.45, 2.75) is 64.1 Å². The molecule has 3 aliphatic rings. The Morgan fingerprint density at radius 2 is 1.77 bits per heavy atom. The number of anilines is 2. The molecule has 4 atom stereocenters. The zero-order valence-corrected chi connectivity index (χ0v) is 27.2. The van der Waals surface area contributed by atoms with Crippen molar-refractivity contribution >= 4 is 35.1 Å². The van der Waals surface area contributed by atoms with Gasteiger partial charge in [0, 0.05) is 37.1 Å². The largest absolute Gasteiger partial charge is 0.497 e. The van der Waals surface area contributed by atoms with Crippen molar-refractivity contribution in [3.8, 4) is 5.75 Å². The van der Waals surface area contributed by atoms with Crippen LogP contribution in [0.5, 0.6) is 5.75 Å². The smallest absolute Gasteiger partial charge is 0.304 e. The fourth-order valence-electron chi connectivity index (χ4n) is 6.81. The third kappa shape index (κ3) is 5.95. The van der Waals surface area contributed by atoms with E-state index in [9.17, 15) is 29.4 Å². The lowest BCUT2D eigenvalue weighted by atomic mass is 9.82. The molecule has 11 nitrogen and oxygen atoms in total. The molecule has 48 heavy (non-hydrogen) atoms. The third-order valence-corrected chi connectivity index (χ3v) is 9.50. The highest BCUT2D eigenvalue weighted by molar-refractivity contribution is 6.07. The van der Waals surface area contributed by atoms with Gasteiger partial charge in [-0.25, -0.2) is 0 Å². The Balaban J connectivity index is 1.19. The summed E-state index contributed by atoms with van der Waals surface area (Å²) >= 11 is 0. The van der Waals surface area contributed by atoms with Gasteiger partial charge in [-0.1, -0.05) is 55.5 Å². The van der Waals surface area contributed by atoms with Crippen LogP contribution in [0.2, 0.25) is 0 Å². The molecule has 3 heterocycles. The summed E-state index contributed by atoms with van der Waals surface area (Å²) in [6, 6.07) is 19.7. The maximum Gasteiger partial charge on any atom is 0.304 e. The molecule has 0 aromatic heterocycles. The van der Waals surface area contributed by atoms with Crippen LogP contribution < -0.4 is 14.5 Å². The zero-order valence-electron chi connectivity index (χ0n) is 27.2. The molecule has 0 radical (unpaired) electrons. The molecule has 1 fully saturated rings. The number of β-lactam (4-membered cyclic amide) rings is 1. The Morgan fingerprint density at radius 3 is 2.44 bits per heavy atom. The van der Waals surface area contributed by atoms with E-state index in [0.717, 1.165) is 16.7 Å². The summed E-state index contributed by atoms with van der Waals surface area (Å²) in [4.78, 5) is 55.6. The minimum Gasteiger partial charge on any atom is -0.497 e. The minimum absolute atomic E-state index is 0.0478. The summed E-state index contributed by atoms with van der Waals surface area (Å²) in [5, 5.41) is 22.1. The van der Waals surface area contributed by atoms with Gasteiger partial charge < -0.3 is 29.5 Å². The molecular formula is C37H39N3O8. The van der Waals surface area contributed by atoms with E-state index in [-0.39, 0.29) is 43.8 Å². The van der Waals surface area contributed by atoms with Crippen LogP contribution in [-0.4, -0.2) is 64.8 Å². The van der Waals surface area contributed by atoms with Crippen LogP contribution in [-0.2, 0) is 49.0 Å². The van der Waals surface area contributed by atoms with E-state index >= 15 is 0 Å². The number of carbonyl (C=O) groups is 4. The second-order valence-corrected chi connectivity index (χ2v) is 12.5. The number of hydrogen-bond acceptors (Lipinski definition) is 8. The molecule has 1 saturated heterocycles. The van der Waals surface area contributed by atoms with Gasteiger partial charge >= 0.3 is 5.97 Å². The predicted octanol–water partition coefficient (Wildman–Crippen LogP) is 3.58. The number of hydrogen-bond donors (Lipinski definition) is 2. The molecule has 250 valence electrons. The third-order valence-electron chi connectivity index (χ3n) is 9.50. The number of methoxy groups -OCH3 is 1. The van der Waals surface area contributed by atoms with E-state index in [2.05, 4.69) is 0 Å². The van der Waals surface area contributed by atoms with Crippen molar-refractivity contribution in [3.63, 3.8) is 0 Å². The first-order valence-electron chi connectivity index (χ1n) is 16.0. The highest BCUT2D eigenvalue weighted by Crippen LogP contribution is 2.47. The lowest BCUT2D eigenvalue weighted by molar-refractivity contribution is -0.154. The Bertz CT molecular complexity index is 1770. The number of aliphatic hydroxyl groups is 2. The number of amides is 3. The lowest BCUT2D eigenvalue weighted by Crippen LogP contribution is -2.54. The molecule has 2 N–H and O–H groups in total. The first kappa shape index (κ1) is 32.9. The van der Waals surface area contributed by atoms with Gasteiger partial charge in [0.15, 0.2) is 11.8 Å². The highest BCUT2D eigenvalue weighted by atomic mass is 16.6. The van der Waals surface area contributed by atoms with Crippen molar-refractivity contribution in [1.29, 1.82) is 0 Å². The topological polar surface area (TPSA) is 137 Å². The molecule has 3 aliphatic heterocycles. The Kier molecular flexibility index (Phi) is 9.09. The minimum atomic E-state index is -1.93. The summed E-state index contributed by atoms with van der Waals surface area (Å²) in [6.07, 6.45) is 3.47. The molecule has 6 rings (SSSR count). The number of esters is 1. The standard InChI is InChI=1S/C37H39N3O8/c1-23(7-6-10-33(43)38-21-27-9-5-4-8-26(27)17-29(38)22-41)37(46)31-18-30(47-3)15-16-32(31)39(36(37)45)20-25-11-13-28(14-12-25)40-34(44)19-35(40)48-24(2)42/h4-9,11-16,18,23,29,35,41,46H,10,17,19-22H2,1-3H3/b7-6+/t23-,29-,35?,37+/m0/s1. The van der Waals surface area contributed by atoms with Crippen molar-refractivity contribution in [2.24, 2.45) is 5.92 Å². The van der Waals surface area contributed by atoms with Crippen molar-refractivity contribution in [1.82, 2.24) is 4.90 Å². The number of ether oxygens (including phenoxy) is 2. The van der Waals surface area contributed by atoms with Crippen LogP contribution in [0.1, 0.15) is 48.9 Å². The zero-order chi connectivity index (χ0) is 34.2. The van der Waals surface area contributed by atoms with Crippen LogP contribution in [0.4, 0.5) is 11.4 Å². The van der Waals surface area contributed by atoms with Gasteiger partial charge in [-0.3, -0.25) is 24.1 Å². The summed E-state index contributed by atoms with van der Waals surface area (Å²) < 4.78 is 10.6. The molecule has 3 aromatic rings. The quantitative estimate of drug-likeness (QED) is 0.193. The lowest BCUT2D eigenvalue weighted by Gasteiger charge is -2.39. The van der Waals surface area contributed by atoms with E-state index < -0.39 is 29.6 Å². The monoisotopic (exact) mass is 653 g/mol. The van der Waals surface area contributed by atoms with Crippen molar-refractivity contribution in [2.75, 3.05) is 23.5 Å². The van der Waals surface area contributed by atoms with Gasteiger partial charge in [0.2, 0.25) is 11.8 Å². The first-order valence-corrected chi connectivity index (χ1v) is 16.0. The Hall–Kier alpha value is -5.00. The second kappa shape index (κ2) is 13.2. The number of fused-ring (bicyclic) bond motifs is 2. The van der Waals surface area contributed by atoms with Gasteiger partial charge in [0.05, 0.1) is 38.4 Å². The van der Waals surface area contributed by atoms with Gasteiger partial charge in [0.1, 0.15) is 5.75 Å². The number of nitrogens with zero attached hydrogens (tertiary/aromatic N) is 3. The molecule has 0 bridgehead atoms. The average Bonchev–Trinajstić information content (AvgIpc) is 3.29. The maximum absolute atomic E-state index is 14.1. The highest BCUT2D eigenvalue weighted by Gasteiger charge is 2.52. The fourth-order valence-corrected chi connectivity index (χ4v) is 6.81. The summed E-state index contributed by atoms with van der Waals surface area (Å²) in [7, 11) is 1.51. The summed E-state index contributed by atoms with van der Waals surface area (Å²) in [6.45, 7) is 3.45. The summed E-state index contributed by atoms with van der Waals surface area (Å²) in [5.74, 6) is -1.51. The molecule has 0 aliphatic carbocycles. The van der Waals surface area contributed by atoms with E-state index in [1.807, 2.05) is 24.3 Å². The van der Waals surface area contributed by atoms with Gasteiger partial charge in [-0.15, -0.1) is 0 Å². The van der Waals surface area contributed by atoms with Gasteiger partial charge in [-0.05, 0) is 53.4 Å². The number of benzene rings is 3. The number of rotatable bonds is 10. The molecule has 11 heteroatoms. The van der Waals surface area contributed by atoms with Crippen LogP contribution in [0.3, 0.4) is 0 Å². The second-order valence-electron chi connectivity index (χ2n) is 12.5.